The van der Waals surface area contributed by atoms with Crippen molar-refractivity contribution in [3.8, 4) is 11.3 Å². The van der Waals surface area contributed by atoms with E-state index in [0.717, 1.165) is 22.4 Å². The molecule has 0 saturated heterocycles. The number of carbonyl (C=O) groups excluding carboxylic acids is 1. The molecular weight excluding hydrogens is 318 g/mol. The van der Waals surface area contributed by atoms with Crippen LogP contribution in [0.4, 0.5) is 0 Å². The molecule has 0 saturated carbocycles. The molecule has 4 rings (SSSR count). The van der Waals surface area contributed by atoms with Crippen LogP contribution in [-0.4, -0.2) is 38.0 Å². The molecule has 1 N–H and O–H groups in total. The SMILES string of the molecule is COC(=O)c1cccc(-c2cn(Cc3nc4ccccc4[nH]3)nn2)c1. The van der Waals surface area contributed by atoms with E-state index in [1.807, 2.05) is 36.5 Å². The number of hydrogen-bond acceptors (Lipinski definition) is 5. The Morgan fingerprint density at radius 3 is 2.92 bits per heavy atom. The molecule has 0 aliphatic rings. The molecule has 2 heterocycles. The van der Waals surface area contributed by atoms with Crippen molar-refractivity contribution >= 4 is 17.0 Å². The number of para-hydroxylation sites is 2. The molecule has 0 unspecified atom stereocenters. The molecule has 2 aromatic carbocycles. The summed E-state index contributed by atoms with van der Waals surface area (Å²) in [6.45, 7) is 0.484. The number of fused-ring (bicyclic) bond motifs is 1. The van der Waals surface area contributed by atoms with Crippen LogP contribution in [0.1, 0.15) is 16.2 Å². The van der Waals surface area contributed by atoms with Gasteiger partial charge in [0, 0.05) is 5.56 Å². The van der Waals surface area contributed by atoms with E-state index < -0.39 is 0 Å². The van der Waals surface area contributed by atoms with Crippen molar-refractivity contribution in [1.29, 1.82) is 0 Å². The predicted molar refractivity (Wildman–Crippen MR) is 92.0 cm³/mol. The fourth-order valence-electron chi connectivity index (χ4n) is 2.67. The van der Waals surface area contributed by atoms with Gasteiger partial charge in [-0.15, -0.1) is 5.10 Å². The Balaban J connectivity index is 1.58. The van der Waals surface area contributed by atoms with Crippen LogP contribution in [0.25, 0.3) is 22.3 Å². The van der Waals surface area contributed by atoms with Crippen molar-refractivity contribution in [3.63, 3.8) is 0 Å². The number of nitrogens with zero attached hydrogens (tertiary/aromatic N) is 4. The summed E-state index contributed by atoms with van der Waals surface area (Å²) in [4.78, 5) is 19.4. The van der Waals surface area contributed by atoms with Crippen LogP contribution in [0.3, 0.4) is 0 Å². The number of H-pyrrole nitrogens is 1. The largest absolute Gasteiger partial charge is 0.465 e. The lowest BCUT2D eigenvalue weighted by Gasteiger charge is -2.01. The molecule has 0 amide bonds. The van der Waals surface area contributed by atoms with Crippen molar-refractivity contribution in [2.75, 3.05) is 7.11 Å². The highest BCUT2D eigenvalue weighted by atomic mass is 16.5. The van der Waals surface area contributed by atoms with Crippen molar-refractivity contribution in [3.05, 3.63) is 66.1 Å². The van der Waals surface area contributed by atoms with E-state index >= 15 is 0 Å². The molecule has 0 aliphatic carbocycles. The first-order valence-electron chi connectivity index (χ1n) is 7.75. The van der Waals surface area contributed by atoms with Gasteiger partial charge in [0.15, 0.2) is 0 Å². The topological polar surface area (TPSA) is 85.7 Å². The van der Waals surface area contributed by atoms with Gasteiger partial charge in [-0.2, -0.15) is 0 Å². The van der Waals surface area contributed by atoms with Crippen LogP contribution < -0.4 is 0 Å². The number of hydrogen-bond donors (Lipinski definition) is 1. The molecule has 0 aliphatic heterocycles. The fraction of sp³-hybridized carbons (Fsp3) is 0.111. The summed E-state index contributed by atoms with van der Waals surface area (Å²) in [7, 11) is 1.36. The van der Waals surface area contributed by atoms with Crippen molar-refractivity contribution in [2.45, 2.75) is 6.54 Å². The number of ether oxygens (including phenoxy) is 1. The Morgan fingerprint density at radius 1 is 1.20 bits per heavy atom. The highest BCUT2D eigenvalue weighted by Gasteiger charge is 2.10. The van der Waals surface area contributed by atoms with Crippen LogP contribution in [-0.2, 0) is 11.3 Å². The third-order valence-electron chi connectivity index (χ3n) is 3.87. The second-order valence-corrected chi connectivity index (χ2v) is 5.57. The Kier molecular flexibility index (Phi) is 3.74. The Morgan fingerprint density at radius 2 is 2.08 bits per heavy atom. The quantitative estimate of drug-likeness (QED) is 0.580. The normalized spacial score (nSPS) is 10.9. The van der Waals surface area contributed by atoms with Crippen molar-refractivity contribution in [2.24, 2.45) is 0 Å². The van der Waals surface area contributed by atoms with Crippen molar-refractivity contribution in [1.82, 2.24) is 25.0 Å². The molecule has 0 fully saturated rings. The smallest absolute Gasteiger partial charge is 0.337 e. The van der Waals surface area contributed by atoms with E-state index in [1.165, 1.54) is 7.11 Å². The zero-order valence-electron chi connectivity index (χ0n) is 13.5. The Hall–Kier alpha value is -3.48. The number of esters is 1. The first kappa shape index (κ1) is 15.1. The maximum atomic E-state index is 11.7. The maximum Gasteiger partial charge on any atom is 0.337 e. The zero-order chi connectivity index (χ0) is 17.2. The zero-order valence-corrected chi connectivity index (χ0v) is 13.5. The second-order valence-electron chi connectivity index (χ2n) is 5.57. The first-order chi connectivity index (χ1) is 12.2. The molecule has 4 aromatic rings. The monoisotopic (exact) mass is 333 g/mol. The highest BCUT2D eigenvalue weighted by Crippen LogP contribution is 2.18. The number of nitrogens with one attached hydrogen (secondary N) is 1. The lowest BCUT2D eigenvalue weighted by molar-refractivity contribution is 0.0601. The maximum absolute atomic E-state index is 11.7. The summed E-state index contributed by atoms with van der Waals surface area (Å²) in [6.07, 6.45) is 1.82. The Labute approximate surface area is 143 Å². The molecular formula is C18H15N5O2. The summed E-state index contributed by atoms with van der Waals surface area (Å²) < 4.78 is 6.45. The van der Waals surface area contributed by atoms with E-state index in [2.05, 4.69) is 20.3 Å². The van der Waals surface area contributed by atoms with Crippen LogP contribution in [0.5, 0.6) is 0 Å². The van der Waals surface area contributed by atoms with Gasteiger partial charge in [-0.1, -0.05) is 29.5 Å². The average molecular weight is 333 g/mol. The van der Waals surface area contributed by atoms with Gasteiger partial charge in [0.25, 0.3) is 0 Å². The molecule has 0 bridgehead atoms. The van der Waals surface area contributed by atoms with Crippen LogP contribution in [0.15, 0.2) is 54.7 Å². The third kappa shape index (κ3) is 2.99. The van der Waals surface area contributed by atoms with E-state index in [-0.39, 0.29) is 5.97 Å². The van der Waals surface area contributed by atoms with Crippen LogP contribution in [0, 0.1) is 0 Å². The lowest BCUT2D eigenvalue weighted by Crippen LogP contribution is -2.02. The lowest BCUT2D eigenvalue weighted by atomic mass is 10.1. The number of aromatic nitrogens is 5. The van der Waals surface area contributed by atoms with E-state index in [9.17, 15) is 4.79 Å². The highest BCUT2D eigenvalue weighted by molar-refractivity contribution is 5.90. The molecule has 124 valence electrons. The molecule has 0 atom stereocenters. The molecule has 0 spiro atoms. The summed E-state index contributed by atoms with van der Waals surface area (Å²) >= 11 is 0. The number of aromatic amines is 1. The molecule has 2 aromatic heterocycles. The van der Waals surface area contributed by atoms with E-state index in [1.54, 1.807) is 22.9 Å². The van der Waals surface area contributed by atoms with Gasteiger partial charge in [0.05, 0.1) is 29.9 Å². The molecule has 7 nitrogen and oxygen atoms in total. The summed E-state index contributed by atoms with van der Waals surface area (Å²) in [5, 5.41) is 8.33. The van der Waals surface area contributed by atoms with E-state index in [4.69, 9.17) is 4.74 Å². The van der Waals surface area contributed by atoms with Crippen LogP contribution in [0.2, 0.25) is 0 Å². The van der Waals surface area contributed by atoms with Gasteiger partial charge in [-0.25, -0.2) is 14.5 Å². The summed E-state index contributed by atoms with van der Waals surface area (Å²) in [5.41, 5.74) is 3.87. The minimum atomic E-state index is -0.378. The molecule has 0 radical (unpaired) electrons. The number of rotatable bonds is 4. The number of methoxy groups -OCH3 is 1. The number of carbonyl (C=O) groups is 1. The fourth-order valence-corrected chi connectivity index (χ4v) is 2.67. The van der Waals surface area contributed by atoms with E-state index in [0.29, 0.717) is 17.8 Å². The minimum absolute atomic E-state index is 0.378. The summed E-state index contributed by atoms with van der Waals surface area (Å²) in [5.74, 6) is 0.428. The first-order valence-corrected chi connectivity index (χ1v) is 7.75. The average Bonchev–Trinajstić information content (AvgIpc) is 3.27. The Bertz CT molecular complexity index is 1020. The van der Waals surface area contributed by atoms with Gasteiger partial charge < -0.3 is 9.72 Å². The van der Waals surface area contributed by atoms with Gasteiger partial charge in [0.1, 0.15) is 18.1 Å². The van der Waals surface area contributed by atoms with Gasteiger partial charge in [0.2, 0.25) is 0 Å². The minimum Gasteiger partial charge on any atom is -0.465 e. The number of benzene rings is 2. The molecule has 7 heteroatoms. The second kappa shape index (κ2) is 6.20. The van der Waals surface area contributed by atoms with Gasteiger partial charge in [-0.3, -0.25) is 0 Å². The van der Waals surface area contributed by atoms with Crippen LogP contribution >= 0.6 is 0 Å². The number of imidazole rings is 1. The standard InChI is InChI=1S/C18H15N5O2/c1-25-18(24)13-6-4-5-12(9-13)16-10-23(22-21-16)11-17-19-14-7-2-3-8-15(14)20-17/h2-10H,11H2,1H3,(H,19,20). The van der Waals surface area contributed by atoms with Gasteiger partial charge in [-0.05, 0) is 24.3 Å². The predicted octanol–water partition coefficient (Wildman–Crippen LogP) is 2.66. The summed E-state index contributed by atoms with van der Waals surface area (Å²) in [6, 6.07) is 15.0. The molecule has 25 heavy (non-hydrogen) atoms. The van der Waals surface area contributed by atoms with Gasteiger partial charge >= 0.3 is 5.97 Å². The van der Waals surface area contributed by atoms with Crippen molar-refractivity contribution < 1.29 is 9.53 Å². The third-order valence-corrected chi connectivity index (χ3v) is 3.87.